The quantitative estimate of drug-likeness (QED) is 0.652. The lowest BCUT2D eigenvalue weighted by molar-refractivity contribution is -0.148. The molecule has 6 heteroatoms. The van der Waals surface area contributed by atoms with E-state index in [-0.39, 0.29) is 6.61 Å². The molecule has 0 spiro atoms. The summed E-state index contributed by atoms with van der Waals surface area (Å²) in [5.74, 6) is -1.10. The Morgan fingerprint density at radius 3 is 2.15 bits per heavy atom. The van der Waals surface area contributed by atoms with Gasteiger partial charge in [-0.3, -0.25) is 14.5 Å². The topological polar surface area (TPSA) is 75.7 Å². The van der Waals surface area contributed by atoms with Gasteiger partial charge in [0.1, 0.15) is 18.7 Å². The Bertz CT molecular complexity index is 874. The standard InChI is InChI=1S/C21H22N2O4/c1-14-4-8-16(9-5-14)13-27-18(24)12-23-19(25)21(3,22-20(23)26)17-10-6-15(2)7-11-17/h4-11H,12-13H2,1-3H3,(H,22,26)/t21-/m0/s1. The van der Waals surface area contributed by atoms with Crippen molar-refractivity contribution in [2.24, 2.45) is 0 Å². The highest BCUT2D eigenvalue weighted by atomic mass is 16.5. The molecule has 0 saturated carbocycles. The molecule has 0 radical (unpaired) electrons. The fourth-order valence-electron chi connectivity index (χ4n) is 2.95. The number of nitrogens with zero attached hydrogens (tertiary/aromatic N) is 1. The predicted molar refractivity (Wildman–Crippen MR) is 99.8 cm³/mol. The van der Waals surface area contributed by atoms with Crippen LogP contribution in [0.25, 0.3) is 0 Å². The van der Waals surface area contributed by atoms with Crippen LogP contribution in [0, 0.1) is 13.8 Å². The van der Waals surface area contributed by atoms with E-state index in [4.69, 9.17) is 4.74 Å². The molecule has 1 aliphatic heterocycles. The first-order valence-corrected chi connectivity index (χ1v) is 8.72. The minimum atomic E-state index is -1.19. The van der Waals surface area contributed by atoms with Gasteiger partial charge in [-0.25, -0.2) is 4.79 Å². The molecule has 2 aromatic rings. The normalized spacial score (nSPS) is 19.1. The molecule has 1 atom stereocenters. The number of amides is 3. The zero-order chi connectivity index (χ0) is 19.6. The average Bonchev–Trinajstić information content (AvgIpc) is 2.86. The van der Waals surface area contributed by atoms with E-state index in [0.717, 1.165) is 21.6 Å². The summed E-state index contributed by atoms with van der Waals surface area (Å²) in [6.45, 7) is 5.22. The number of carbonyl (C=O) groups is 3. The third-order valence-corrected chi connectivity index (χ3v) is 4.71. The second-order valence-electron chi connectivity index (χ2n) is 6.96. The number of nitrogens with one attached hydrogen (secondary N) is 1. The van der Waals surface area contributed by atoms with Crippen molar-refractivity contribution in [1.82, 2.24) is 10.2 Å². The number of rotatable bonds is 5. The molecular weight excluding hydrogens is 344 g/mol. The lowest BCUT2D eigenvalue weighted by Crippen LogP contribution is -2.41. The van der Waals surface area contributed by atoms with Crippen LogP contribution in [0.4, 0.5) is 4.79 Å². The highest BCUT2D eigenvalue weighted by Gasteiger charge is 2.49. The lowest BCUT2D eigenvalue weighted by Gasteiger charge is -2.22. The molecule has 2 aromatic carbocycles. The van der Waals surface area contributed by atoms with E-state index < -0.39 is 30.0 Å². The lowest BCUT2D eigenvalue weighted by atomic mass is 9.91. The molecular formula is C21H22N2O4. The van der Waals surface area contributed by atoms with E-state index in [0.29, 0.717) is 5.56 Å². The van der Waals surface area contributed by atoms with E-state index in [1.165, 1.54) is 0 Å². The smallest absolute Gasteiger partial charge is 0.326 e. The van der Waals surface area contributed by atoms with Crippen LogP contribution in [0.3, 0.4) is 0 Å². The van der Waals surface area contributed by atoms with Crippen molar-refractivity contribution in [3.05, 3.63) is 70.8 Å². The minimum Gasteiger partial charge on any atom is -0.459 e. The fourth-order valence-corrected chi connectivity index (χ4v) is 2.95. The van der Waals surface area contributed by atoms with Gasteiger partial charge in [0.05, 0.1) is 0 Å². The van der Waals surface area contributed by atoms with Crippen LogP contribution in [-0.4, -0.2) is 29.4 Å². The number of urea groups is 1. The van der Waals surface area contributed by atoms with Gasteiger partial charge in [-0.1, -0.05) is 59.7 Å². The summed E-state index contributed by atoms with van der Waals surface area (Å²) in [7, 11) is 0. The maximum atomic E-state index is 12.8. The maximum absolute atomic E-state index is 12.8. The molecule has 6 nitrogen and oxygen atoms in total. The molecule has 0 unspecified atom stereocenters. The first-order valence-electron chi connectivity index (χ1n) is 8.72. The van der Waals surface area contributed by atoms with Crippen LogP contribution in [0.1, 0.15) is 29.2 Å². The SMILES string of the molecule is Cc1ccc(COC(=O)CN2C(=O)N[C@@](C)(c3ccc(C)cc3)C2=O)cc1. The van der Waals surface area contributed by atoms with E-state index >= 15 is 0 Å². The molecule has 1 N–H and O–H groups in total. The van der Waals surface area contributed by atoms with E-state index in [1.807, 2.05) is 50.2 Å². The number of aryl methyl sites for hydroxylation is 2. The molecule has 27 heavy (non-hydrogen) atoms. The summed E-state index contributed by atoms with van der Waals surface area (Å²) in [6, 6.07) is 14.3. The monoisotopic (exact) mass is 366 g/mol. The molecule has 140 valence electrons. The molecule has 0 aliphatic carbocycles. The molecule has 1 aliphatic rings. The van der Waals surface area contributed by atoms with E-state index in [9.17, 15) is 14.4 Å². The number of benzene rings is 2. The Balaban J connectivity index is 1.65. The number of hydrogen-bond acceptors (Lipinski definition) is 4. The second-order valence-corrected chi connectivity index (χ2v) is 6.96. The number of carbonyl (C=O) groups excluding carboxylic acids is 3. The van der Waals surface area contributed by atoms with Crippen molar-refractivity contribution in [2.75, 3.05) is 6.54 Å². The van der Waals surface area contributed by atoms with Gasteiger partial charge >= 0.3 is 12.0 Å². The number of hydrogen-bond donors (Lipinski definition) is 1. The van der Waals surface area contributed by atoms with E-state index in [1.54, 1.807) is 19.1 Å². The van der Waals surface area contributed by atoms with Crippen LogP contribution in [0.15, 0.2) is 48.5 Å². The van der Waals surface area contributed by atoms with Crippen molar-refractivity contribution < 1.29 is 19.1 Å². The first kappa shape index (κ1) is 18.6. The van der Waals surface area contributed by atoms with Crippen molar-refractivity contribution >= 4 is 17.9 Å². The summed E-state index contributed by atoms with van der Waals surface area (Å²) < 4.78 is 5.20. The summed E-state index contributed by atoms with van der Waals surface area (Å²) in [5, 5.41) is 2.68. The minimum absolute atomic E-state index is 0.0952. The predicted octanol–water partition coefficient (Wildman–Crippen LogP) is 2.81. The number of imide groups is 1. The Morgan fingerprint density at radius 1 is 1.00 bits per heavy atom. The summed E-state index contributed by atoms with van der Waals surface area (Å²) in [6.07, 6.45) is 0. The third-order valence-electron chi connectivity index (χ3n) is 4.71. The van der Waals surface area contributed by atoms with Gasteiger partial charge in [0, 0.05) is 0 Å². The van der Waals surface area contributed by atoms with Gasteiger partial charge in [0.25, 0.3) is 5.91 Å². The van der Waals surface area contributed by atoms with Crippen molar-refractivity contribution in [1.29, 1.82) is 0 Å². The van der Waals surface area contributed by atoms with Crippen LogP contribution in [0.2, 0.25) is 0 Å². The highest BCUT2D eigenvalue weighted by molar-refractivity contribution is 6.08. The van der Waals surface area contributed by atoms with Gasteiger partial charge in [-0.05, 0) is 31.9 Å². The molecule has 3 amide bonds. The highest BCUT2D eigenvalue weighted by Crippen LogP contribution is 2.28. The maximum Gasteiger partial charge on any atom is 0.326 e. The first-order chi connectivity index (χ1) is 12.8. The molecule has 1 heterocycles. The van der Waals surface area contributed by atoms with Crippen LogP contribution < -0.4 is 5.32 Å². The van der Waals surface area contributed by atoms with Gasteiger partial charge in [0.15, 0.2) is 0 Å². The average molecular weight is 366 g/mol. The van der Waals surface area contributed by atoms with E-state index in [2.05, 4.69) is 5.32 Å². The van der Waals surface area contributed by atoms with Crippen LogP contribution >= 0.6 is 0 Å². The number of ether oxygens (including phenoxy) is 1. The fraction of sp³-hybridized carbons (Fsp3) is 0.286. The van der Waals surface area contributed by atoms with Crippen LogP contribution in [0.5, 0.6) is 0 Å². The van der Waals surface area contributed by atoms with Gasteiger partial charge in [-0.15, -0.1) is 0 Å². The second kappa shape index (κ2) is 7.23. The molecule has 3 rings (SSSR count). The van der Waals surface area contributed by atoms with Gasteiger partial charge in [-0.2, -0.15) is 0 Å². The van der Waals surface area contributed by atoms with Gasteiger partial charge < -0.3 is 10.1 Å². The summed E-state index contributed by atoms with van der Waals surface area (Å²) in [5.41, 5.74) is 2.48. The molecule has 1 saturated heterocycles. The summed E-state index contributed by atoms with van der Waals surface area (Å²) >= 11 is 0. The zero-order valence-electron chi connectivity index (χ0n) is 15.6. The summed E-state index contributed by atoms with van der Waals surface area (Å²) in [4.78, 5) is 38.1. The Morgan fingerprint density at radius 2 is 1.56 bits per heavy atom. The zero-order valence-corrected chi connectivity index (χ0v) is 15.6. The van der Waals surface area contributed by atoms with Crippen molar-refractivity contribution in [3.8, 4) is 0 Å². The number of esters is 1. The Kier molecular flexibility index (Phi) is 4.99. The van der Waals surface area contributed by atoms with Crippen molar-refractivity contribution in [3.63, 3.8) is 0 Å². The molecule has 1 fully saturated rings. The Hall–Kier alpha value is -3.15. The molecule has 0 aromatic heterocycles. The third kappa shape index (κ3) is 3.84. The Labute approximate surface area is 158 Å². The van der Waals surface area contributed by atoms with Crippen LogP contribution in [-0.2, 0) is 26.5 Å². The van der Waals surface area contributed by atoms with Gasteiger partial charge in [0.2, 0.25) is 0 Å². The van der Waals surface area contributed by atoms with Crippen molar-refractivity contribution in [2.45, 2.75) is 32.9 Å². The molecule has 0 bridgehead atoms. The largest absolute Gasteiger partial charge is 0.459 e.